The summed E-state index contributed by atoms with van der Waals surface area (Å²) in [5.74, 6) is -0.273. The summed E-state index contributed by atoms with van der Waals surface area (Å²) in [4.78, 5) is 37.4. The number of hydrogen-bond acceptors (Lipinski definition) is 12. The molecule has 1 amide bonds. The zero-order chi connectivity index (χ0) is 22.2. The molecule has 31 heavy (non-hydrogen) atoms. The first-order valence-electron chi connectivity index (χ1n) is 9.14. The number of nitrogens with one attached hydrogen (secondary N) is 1. The number of thiazole rings is 1. The first-order valence-corrected chi connectivity index (χ1v) is 11.1. The molecule has 0 unspecified atom stereocenters. The third kappa shape index (κ3) is 6.22. The van der Waals surface area contributed by atoms with E-state index >= 15 is 0 Å². The molecule has 3 heterocycles. The molecular formula is C16H19ClN6O6S2. The topological polar surface area (TPSA) is 137 Å². The second-order valence-electron chi connectivity index (χ2n) is 5.99. The van der Waals surface area contributed by atoms with Crippen LogP contribution in [0.1, 0.15) is 11.8 Å². The largest absolute Gasteiger partial charge is 0.465 e. The van der Waals surface area contributed by atoms with E-state index < -0.39 is 16.7 Å². The van der Waals surface area contributed by atoms with Crippen LogP contribution in [0.3, 0.4) is 0 Å². The van der Waals surface area contributed by atoms with Crippen LogP contribution in [0.4, 0.5) is 5.82 Å². The third-order valence-corrected chi connectivity index (χ3v) is 5.85. The van der Waals surface area contributed by atoms with E-state index in [4.69, 9.17) is 25.8 Å². The molecule has 0 bridgehead atoms. The molecule has 168 valence electrons. The van der Waals surface area contributed by atoms with Gasteiger partial charge in [-0.2, -0.15) is 9.47 Å². The van der Waals surface area contributed by atoms with Gasteiger partial charge in [0.1, 0.15) is 11.7 Å². The average Bonchev–Trinajstić information content (AvgIpc) is 3.33. The molecule has 0 atom stereocenters. The lowest BCUT2D eigenvalue weighted by Crippen LogP contribution is -2.36. The van der Waals surface area contributed by atoms with Crippen LogP contribution >= 0.6 is 34.7 Å². The standard InChI is InChI=1S/C16H19ClN6O6S2/c1-2-28-12(25)8-23-13(17)10(30-16(23)26)7-18-19-11(24)9-29-15-14(20-31-21-15)22-3-5-27-6-4-22/h7H,2-6,8-9H2,1H3,(H,19,24)/b18-7+. The number of anilines is 1. The lowest BCUT2D eigenvalue weighted by Gasteiger charge is -2.26. The lowest BCUT2D eigenvalue weighted by molar-refractivity contribution is -0.143. The number of nitrogens with zero attached hydrogens (tertiary/aromatic N) is 5. The van der Waals surface area contributed by atoms with E-state index in [1.807, 2.05) is 4.90 Å². The molecule has 0 spiro atoms. The van der Waals surface area contributed by atoms with Crippen LogP contribution in [0.5, 0.6) is 5.88 Å². The fraction of sp³-hybridized carbons (Fsp3) is 0.500. The van der Waals surface area contributed by atoms with Crippen molar-refractivity contribution in [3.63, 3.8) is 0 Å². The summed E-state index contributed by atoms with van der Waals surface area (Å²) in [7, 11) is 0. The number of carbonyl (C=O) groups excluding carboxylic acids is 2. The first kappa shape index (κ1) is 23.1. The Morgan fingerprint density at radius 2 is 2.13 bits per heavy atom. The van der Waals surface area contributed by atoms with Crippen molar-refractivity contribution in [1.82, 2.24) is 18.7 Å². The fourth-order valence-corrected chi connectivity index (χ4v) is 4.14. The summed E-state index contributed by atoms with van der Waals surface area (Å²) in [6.45, 7) is 3.73. The molecule has 1 saturated heterocycles. The summed E-state index contributed by atoms with van der Waals surface area (Å²) in [5.41, 5.74) is 2.28. The van der Waals surface area contributed by atoms with Crippen LogP contribution in [0.15, 0.2) is 9.90 Å². The Kier molecular flexibility index (Phi) is 8.34. The number of rotatable bonds is 9. The molecule has 0 radical (unpaired) electrons. The van der Waals surface area contributed by atoms with Crippen molar-refractivity contribution in [2.24, 2.45) is 5.10 Å². The number of morpholine rings is 1. The Bertz CT molecular complexity index is 999. The molecule has 1 N–H and O–H groups in total. The third-order valence-electron chi connectivity index (χ3n) is 3.91. The van der Waals surface area contributed by atoms with Crippen LogP contribution in [-0.2, 0) is 25.6 Å². The highest BCUT2D eigenvalue weighted by Crippen LogP contribution is 2.26. The van der Waals surface area contributed by atoms with Gasteiger partial charge < -0.3 is 19.1 Å². The van der Waals surface area contributed by atoms with Gasteiger partial charge in [0.25, 0.3) is 11.8 Å². The Morgan fingerprint density at radius 3 is 2.87 bits per heavy atom. The van der Waals surface area contributed by atoms with E-state index in [1.165, 1.54) is 6.21 Å². The van der Waals surface area contributed by atoms with E-state index in [9.17, 15) is 14.4 Å². The first-order chi connectivity index (χ1) is 15.0. The molecule has 1 aliphatic heterocycles. The molecule has 1 fully saturated rings. The van der Waals surface area contributed by atoms with Gasteiger partial charge in [0.05, 0.1) is 42.6 Å². The zero-order valence-electron chi connectivity index (χ0n) is 16.4. The molecule has 15 heteroatoms. The maximum atomic E-state index is 12.0. The van der Waals surface area contributed by atoms with Crippen molar-refractivity contribution >= 4 is 58.6 Å². The van der Waals surface area contributed by atoms with Gasteiger partial charge in [-0.3, -0.25) is 19.0 Å². The second-order valence-corrected chi connectivity index (χ2v) is 7.87. The summed E-state index contributed by atoms with van der Waals surface area (Å²) in [5, 5.41) is 3.81. The minimum absolute atomic E-state index is 0.0287. The highest BCUT2D eigenvalue weighted by molar-refractivity contribution is 7.11. The maximum Gasteiger partial charge on any atom is 0.326 e. The van der Waals surface area contributed by atoms with Gasteiger partial charge in [-0.05, 0) is 6.92 Å². The van der Waals surface area contributed by atoms with Gasteiger partial charge in [0.15, 0.2) is 6.61 Å². The average molecular weight is 491 g/mol. The number of hydrazone groups is 1. The van der Waals surface area contributed by atoms with Crippen LogP contribution in [-0.4, -0.2) is 70.9 Å². The Morgan fingerprint density at radius 1 is 1.35 bits per heavy atom. The highest BCUT2D eigenvalue weighted by Gasteiger charge is 2.20. The van der Waals surface area contributed by atoms with E-state index in [0.717, 1.165) is 27.6 Å². The number of hydrogen-bond donors (Lipinski definition) is 1. The van der Waals surface area contributed by atoms with Crippen LogP contribution in [0, 0.1) is 0 Å². The number of esters is 1. The second kappa shape index (κ2) is 11.2. The number of halogens is 1. The number of ether oxygens (including phenoxy) is 3. The smallest absolute Gasteiger partial charge is 0.326 e. The summed E-state index contributed by atoms with van der Waals surface area (Å²) in [6.07, 6.45) is 1.22. The minimum atomic E-state index is -0.578. The van der Waals surface area contributed by atoms with Gasteiger partial charge in [0.2, 0.25) is 5.82 Å². The zero-order valence-corrected chi connectivity index (χ0v) is 18.8. The van der Waals surface area contributed by atoms with Crippen LogP contribution in [0.2, 0.25) is 5.15 Å². The normalized spacial score (nSPS) is 14.1. The monoisotopic (exact) mass is 490 g/mol. The Balaban J connectivity index is 1.52. The van der Waals surface area contributed by atoms with Gasteiger partial charge >= 0.3 is 10.8 Å². The number of amides is 1. The van der Waals surface area contributed by atoms with Crippen LogP contribution in [0.25, 0.3) is 0 Å². The summed E-state index contributed by atoms with van der Waals surface area (Å²) < 4.78 is 24.9. The van der Waals surface area contributed by atoms with Crippen molar-refractivity contribution < 1.29 is 23.8 Å². The van der Waals surface area contributed by atoms with E-state index in [2.05, 4.69) is 19.3 Å². The van der Waals surface area contributed by atoms with Crippen LogP contribution < -0.4 is 19.9 Å². The van der Waals surface area contributed by atoms with E-state index in [0.29, 0.717) is 32.1 Å². The van der Waals surface area contributed by atoms with Crippen molar-refractivity contribution in [3.05, 3.63) is 19.7 Å². The van der Waals surface area contributed by atoms with E-state index in [-0.39, 0.29) is 35.7 Å². The molecule has 3 rings (SSSR count). The molecule has 1 aliphatic rings. The number of carbonyl (C=O) groups is 2. The molecule has 12 nitrogen and oxygen atoms in total. The quantitative estimate of drug-likeness (QED) is 0.299. The molecular weight excluding hydrogens is 472 g/mol. The summed E-state index contributed by atoms with van der Waals surface area (Å²) in [6, 6.07) is 0. The Hall–Kier alpha value is -2.55. The predicted molar refractivity (Wildman–Crippen MR) is 114 cm³/mol. The fourth-order valence-electron chi connectivity index (χ4n) is 2.52. The van der Waals surface area contributed by atoms with Gasteiger partial charge in [0, 0.05) is 13.1 Å². The van der Waals surface area contributed by atoms with E-state index in [1.54, 1.807) is 6.92 Å². The van der Waals surface area contributed by atoms with Gasteiger partial charge in [-0.15, -0.1) is 4.37 Å². The molecule has 0 saturated carbocycles. The van der Waals surface area contributed by atoms with Gasteiger partial charge in [-0.25, -0.2) is 5.43 Å². The van der Waals surface area contributed by atoms with Crippen molar-refractivity contribution in [1.29, 1.82) is 0 Å². The van der Waals surface area contributed by atoms with Crippen molar-refractivity contribution in [2.75, 3.05) is 44.4 Å². The molecule has 0 aliphatic carbocycles. The lowest BCUT2D eigenvalue weighted by atomic mass is 10.4. The van der Waals surface area contributed by atoms with Crippen molar-refractivity contribution in [2.45, 2.75) is 13.5 Å². The SMILES string of the molecule is CCOC(=O)Cn1c(Cl)c(/C=N/NC(=O)COc2nsnc2N2CCOCC2)sc1=O. The number of aromatic nitrogens is 3. The predicted octanol–water partition coefficient (Wildman–Crippen LogP) is 0.343. The molecule has 0 aromatic carbocycles. The minimum Gasteiger partial charge on any atom is -0.465 e. The summed E-state index contributed by atoms with van der Waals surface area (Å²) >= 11 is 7.90. The maximum absolute atomic E-state index is 12.0. The van der Waals surface area contributed by atoms with Crippen molar-refractivity contribution in [3.8, 4) is 5.88 Å². The molecule has 2 aromatic rings. The molecule has 2 aromatic heterocycles. The highest BCUT2D eigenvalue weighted by atomic mass is 35.5. The Labute approximate surface area is 189 Å². The van der Waals surface area contributed by atoms with Gasteiger partial charge in [-0.1, -0.05) is 22.9 Å².